The zero-order chi connectivity index (χ0) is 19.1. The SMILES string of the molecule is CC[N+](CC)(CC)N1C=Nc2c(ncn2[C@@H]2O[C@H](CO)C(O)C2O)C1N. The highest BCUT2D eigenvalue weighted by atomic mass is 16.6. The molecule has 1 saturated heterocycles. The van der Waals surface area contributed by atoms with Crippen molar-refractivity contribution in [1.29, 1.82) is 0 Å². The van der Waals surface area contributed by atoms with Crippen LogP contribution in [-0.4, -0.2) is 85.4 Å². The Hall–Kier alpha value is -1.56. The Kier molecular flexibility index (Phi) is 5.33. The van der Waals surface area contributed by atoms with Gasteiger partial charge in [-0.1, -0.05) is 0 Å². The van der Waals surface area contributed by atoms with Crippen molar-refractivity contribution in [2.75, 3.05) is 26.2 Å². The van der Waals surface area contributed by atoms with Gasteiger partial charge in [0.25, 0.3) is 0 Å². The second-order valence-electron chi connectivity index (χ2n) is 6.70. The van der Waals surface area contributed by atoms with Crippen molar-refractivity contribution >= 4 is 12.2 Å². The summed E-state index contributed by atoms with van der Waals surface area (Å²) in [7, 11) is 0. The topological polar surface area (TPSA) is 129 Å². The third-order valence-electron chi connectivity index (χ3n) is 5.71. The lowest BCUT2D eigenvalue weighted by atomic mass is 10.1. The van der Waals surface area contributed by atoms with Crippen LogP contribution in [0.15, 0.2) is 11.3 Å². The summed E-state index contributed by atoms with van der Waals surface area (Å²) in [5.41, 5.74) is 7.07. The number of nitrogens with zero attached hydrogens (tertiary/aromatic N) is 5. The van der Waals surface area contributed by atoms with Crippen LogP contribution in [0.1, 0.15) is 38.9 Å². The number of imidazole rings is 1. The lowest BCUT2D eigenvalue weighted by Gasteiger charge is -2.46. The van der Waals surface area contributed by atoms with Crippen LogP contribution in [0.5, 0.6) is 0 Å². The molecule has 0 bridgehead atoms. The van der Waals surface area contributed by atoms with Crippen molar-refractivity contribution in [3.63, 3.8) is 0 Å². The number of rotatable bonds is 6. The third-order valence-corrected chi connectivity index (χ3v) is 5.71. The summed E-state index contributed by atoms with van der Waals surface area (Å²) < 4.78 is 7.80. The maximum Gasteiger partial charge on any atom is 0.174 e. The number of fused-ring (bicyclic) bond motifs is 1. The molecule has 5 N–H and O–H groups in total. The number of nitrogens with two attached hydrogens (primary N) is 1. The zero-order valence-electron chi connectivity index (χ0n) is 15.4. The van der Waals surface area contributed by atoms with Crippen LogP contribution in [0.2, 0.25) is 0 Å². The molecule has 0 amide bonds. The second kappa shape index (κ2) is 7.22. The van der Waals surface area contributed by atoms with Crippen LogP contribution in [-0.2, 0) is 4.74 Å². The highest BCUT2D eigenvalue weighted by Crippen LogP contribution is 2.38. The average Bonchev–Trinajstić information content (AvgIpc) is 3.21. The number of aliphatic hydroxyl groups excluding tert-OH is 3. The smallest absolute Gasteiger partial charge is 0.174 e. The first-order valence-corrected chi connectivity index (χ1v) is 9.07. The maximum absolute atomic E-state index is 10.3. The molecule has 3 rings (SSSR count). The summed E-state index contributed by atoms with van der Waals surface area (Å²) in [6.07, 6.45) is -1.36. The Labute approximate surface area is 152 Å². The van der Waals surface area contributed by atoms with Crippen molar-refractivity contribution < 1.29 is 24.6 Å². The molecular formula is C16H29N6O4+. The van der Waals surface area contributed by atoms with E-state index in [1.807, 2.05) is 5.01 Å². The summed E-state index contributed by atoms with van der Waals surface area (Å²) in [5, 5.41) is 31.5. The fourth-order valence-corrected chi connectivity index (χ4v) is 3.85. The standard InChI is InChI=1S/C16H29N6O4/c1-4-22(5-2,6-3)21-9-19-15-11(14(21)17)18-8-20(15)16-13(25)12(24)10(7-23)26-16/h8-10,12-14,16,23-25H,4-7,17H2,1-3H3/q+1/t10-,12?,13?,14?,16-/m1/s1. The Morgan fingerprint density at radius 2 is 1.85 bits per heavy atom. The van der Waals surface area contributed by atoms with Crippen molar-refractivity contribution in [3.8, 4) is 0 Å². The molecule has 0 aromatic carbocycles. The summed E-state index contributed by atoms with van der Waals surface area (Å²) >= 11 is 0. The number of aliphatic hydroxyl groups is 3. The van der Waals surface area contributed by atoms with Gasteiger partial charge in [-0.25, -0.2) is 14.6 Å². The summed E-state index contributed by atoms with van der Waals surface area (Å²) in [5.74, 6) is 0.491. The van der Waals surface area contributed by atoms with E-state index in [0.717, 1.165) is 19.6 Å². The molecule has 2 aliphatic heterocycles. The van der Waals surface area contributed by atoms with Gasteiger partial charge in [0.05, 0.1) is 32.6 Å². The van der Waals surface area contributed by atoms with Gasteiger partial charge in [0.15, 0.2) is 18.2 Å². The minimum atomic E-state index is -1.19. The zero-order valence-corrected chi connectivity index (χ0v) is 15.4. The fraction of sp³-hybridized carbons (Fsp3) is 0.750. The Bertz CT molecular complexity index is 653. The number of aromatic nitrogens is 2. The fourth-order valence-electron chi connectivity index (χ4n) is 3.85. The normalized spacial score (nSPS) is 31.5. The van der Waals surface area contributed by atoms with E-state index in [1.54, 1.807) is 10.9 Å². The van der Waals surface area contributed by atoms with Gasteiger partial charge in [0.1, 0.15) is 30.3 Å². The van der Waals surface area contributed by atoms with Crippen LogP contribution < -0.4 is 5.73 Å². The van der Waals surface area contributed by atoms with Gasteiger partial charge in [-0.15, -0.1) is 0 Å². The minimum absolute atomic E-state index is 0.383. The Morgan fingerprint density at radius 1 is 1.19 bits per heavy atom. The first-order valence-electron chi connectivity index (χ1n) is 9.07. The molecule has 0 saturated carbocycles. The van der Waals surface area contributed by atoms with Crippen LogP contribution in [0.4, 0.5) is 5.82 Å². The van der Waals surface area contributed by atoms with E-state index in [2.05, 4.69) is 30.7 Å². The number of aliphatic imine (C=N–C) groups is 1. The molecule has 1 fully saturated rings. The minimum Gasteiger partial charge on any atom is -0.394 e. The molecule has 26 heavy (non-hydrogen) atoms. The van der Waals surface area contributed by atoms with Crippen molar-refractivity contribution in [2.45, 2.75) is 51.5 Å². The molecule has 0 spiro atoms. The van der Waals surface area contributed by atoms with E-state index >= 15 is 0 Å². The monoisotopic (exact) mass is 369 g/mol. The van der Waals surface area contributed by atoms with Crippen molar-refractivity contribution in [2.24, 2.45) is 10.7 Å². The lowest BCUT2D eigenvalue weighted by molar-refractivity contribution is -1.02. The van der Waals surface area contributed by atoms with Gasteiger partial charge in [0.2, 0.25) is 0 Å². The molecule has 1 aromatic heterocycles. The van der Waals surface area contributed by atoms with Crippen LogP contribution in [0.3, 0.4) is 0 Å². The molecule has 10 heteroatoms. The Balaban J connectivity index is 1.93. The van der Waals surface area contributed by atoms with E-state index < -0.39 is 30.7 Å². The molecule has 1 aromatic rings. The number of hydrogen-bond acceptors (Lipinski definition) is 8. The summed E-state index contributed by atoms with van der Waals surface area (Å²) in [6.45, 7) is 8.57. The van der Waals surface area contributed by atoms with Crippen LogP contribution in [0.25, 0.3) is 0 Å². The summed E-state index contributed by atoms with van der Waals surface area (Å²) in [4.78, 5) is 8.92. The number of hydrogen-bond donors (Lipinski definition) is 4. The van der Waals surface area contributed by atoms with E-state index in [0.29, 0.717) is 16.1 Å². The van der Waals surface area contributed by atoms with Gasteiger partial charge in [-0.2, -0.15) is 5.01 Å². The molecule has 2 aliphatic rings. The molecule has 3 unspecified atom stereocenters. The van der Waals surface area contributed by atoms with Gasteiger partial charge in [0, 0.05) is 0 Å². The predicted octanol–water partition coefficient (Wildman–Crippen LogP) is -0.781. The maximum atomic E-state index is 10.3. The first kappa shape index (κ1) is 19.2. The molecular weight excluding hydrogens is 340 g/mol. The van der Waals surface area contributed by atoms with Crippen LogP contribution in [0, 0.1) is 0 Å². The van der Waals surface area contributed by atoms with Gasteiger partial charge >= 0.3 is 0 Å². The summed E-state index contributed by atoms with van der Waals surface area (Å²) in [6, 6.07) is 0. The van der Waals surface area contributed by atoms with Crippen molar-refractivity contribution in [1.82, 2.24) is 14.6 Å². The third kappa shape index (κ3) is 2.73. The van der Waals surface area contributed by atoms with Crippen molar-refractivity contribution in [3.05, 3.63) is 12.0 Å². The molecule has 5 atom stereocenters. The van der Waals surface area contributed by atoms with Crippen LogP contribution >= 0.6 is 0 Å². The lowest BCUT2D eigenvalue weighted by Crippen LogP contribution is -2.62. The largest absolute Gasteiger partial charge is 0.394 e. The van der Waals surface area contributed by atoms with E-state index in [9.17, 15) is 15.3 Å². The molecule has 0 radical (unpaired) electrons. The second-order valence-corrected chi connectivity index (χ2v) is 6.70. The molecule has 146 valence electrons. The molecule has 3 heterocycles. The average molecular weight is 369 g/mol. The Morgan fingerprint density at radius 3 is 2.38 bits per heavy atom. The van der Waals surface area contributed by atoms with E-state index in [1.165, 1.54) is 6.33 Å². The first-order chi connectivity index (χ1) is 12.4. The molecule has 0 aliphatic carbocycles. The highest BCUT2D eigenvalue weighted by Gasteiger charge is 2.46. The van der Waals surface area contributed by atoms with Gasteiger partial charge in [-0.3, -0.25) is 4.57 Å². The van der Waals surface area contributed by atoms with E-state index in [-0.39, 0.29) is 6.61 Å². The van der Waals surface area contributed by atoms with Gasteiger partial charge < -0.3 is 25.8 Å². The molecule has 10 nitrogen and oxygen atoms in total. The number of ether oxygens (including phenoxy) is 1. The number of quaternary nitrogens is 1. The van der Waals surface area contributed by atoms with Gasteiger partial charge in [-0.05, 0) is 20.8 Å². The van der Waals surface area contributed by atoms with E-state index in [4.69, 9.17) is 10.5 Å². The quantitative estimate of drug-likeness (QED) is 0.484. The highest BCUT2D eigenvalue weighted by molar-refractivity contribution is 5.64. The predicted molar refractivity (Wildman–Crippen MR) is 94.0 cm³/mol.